The van der Waals surface area contributed by atoms with Crippen molar-refractivity contribution in [3.05, 3.63) is 69.1 Å². The summed E-state index contributed by atoms with van der Waals surface area (Å²) in [4.78, 5) is 38.4. The van der Waals surface area contributed by atoms with Gasteiger partial charge in [0.05, 0.1) is 22.6 Å². The third-order valence-corrected chi connectivity index (χ3v) is 4.39. The molecule has 0 aliphatic rings. The molecule has 2 aromatic carbocycles. The molecule has 0 bridgehead atoms. The second-order valence-electron chi connectivity index (χ2n) is 6.08. The highest BCUT2D eigenvalue weighted by molar-refractivity contribution is 6.34. The fourth-order valence-corrected chi connectivity index (χ4v) is 2.76. The van der Waals surface area contributed by atoms with Crippen molar-refractivity contribution in [2.24, 2.45) is 0 Å². The van der Waals surface area contributed by atoms with Crippen LogP contribution >= 0.6 is 11.6 Å². The van der Waals surface area contributed by atoms with E-state index in [0.717, 1.165) is 6.07 Å². The average Bonchev–Trinajstić information content (AvgIpc) is 3.26. The number of carbonyl (C=O) groups excluding carboxylic acids is 2. The lowest BCUT2D eigenvalue weighted by atomic mass is 10.2. The quantitative estimate of drug-likeness (QED) is 0.305. The number of benzene rings is 2. The standard InChI is InChI=1S/C19H16ClN5O6/c1-30-13-5-2-11(3-6-13)16-23-19(31-24-16)18(27)22-9-8-21-17(26)14-7-4-12(25(28)29)10-15(14)20/h2-7,10H,8-9H2,1H3,(H,21,26)(H,22,27). The molecule has 160 valence electrons. The minimum absolute atomic E-state index is 0.0485. The van der Waals surface area contributed by atoms with Crippen LogP contribution in [0.25, 0.3) is 11.4 Å². The Labute approximate surface area is 180 Å². The Balaban J connectivity index is 1.50. The summed E-state index contributed by atoms with van der Waals surface area (Å²) in [6, 6.07) is 10.4. The second kappa shape index (κ2) is 9.67. The van der Waals surface area contributed by atoms with E-state index in [0.29, 0.717) is 11.3 Å². The fourth-order valence-electron chi connectivity index (χ4n) is 2.50. The first-order valence-electron chi connectivity index (χ1n) is 8.87. The van der Waals surface area contributed by atoms with Gasteiger partial charge < -0.3 is 19.9 Å². The number of hydrogen-bond donors (Lipinski definition) is 2. The first-order valence-corrected chi connectivity index (χ1v) is 9.25. The minimum Gasteiger partial charge on any atom is -0.497 e. The van der Waals surface area contributed by atoms with Gasteiger partial charge in [-0.2, -0.15) is 4.98 Å². The zero-order valence-corrected chi connectivity index (χ0v) is 16.9. The number of hydrogen-bond acceptors (Lipinski definition) is 8. The van der Waals surface area contributed by atoms with E-state index in [1.165, 1.54) is 12.1 Å². The van der Waals surface area contributed by atoms with Crippen LogP contribution in [0.3, 0.4) is 0 Å². The van der Waals surface area contributed by atoms with Gasteiger partial charge in [-0.3, -0.25) is 19.7 Å². The van der Waals surface area contributed by atoms with Gasteiger partial charge >= 0.3 is 11.8 Å². The van der Waals surface area contributed by atoms with Gasteiger partial charge in [0.15, 0.2) is 0 Å². The summed E-state index contributed by atoms with van der Waals surface area (Å²) < 4.78 is 10.0. The van der Waals surface area contributed by atoms with Crippen LogP contribution in [0, 0.1) is 10.1 Å². The zero-order chi connectivity index (χ0) is 22.4. The largest absolute Gasteiger partial charge is 0.497 e. The summed E-state index contributed by atoms with van der Waals surface area (Å²) >= 11 is 5.91. The number of nitro groups is 1. The average molecular weight is 446 g/mol. The van der Waals surface area contributed by atoms with Crippen LogP contribution in [0.2, 0.25) is 5.02 Å². The number of ether oxygens (including phenoxy) is 1. The molecule has 0 fully saturated rings. The number of nitrogens with one attached hydrogen (secondary N) is 2. The number of methoxy groups -OCH3 is 1. The molecule has 0 spiro atoms. The third-order valence-electron chi connectivity index (χ3n) is 4.07. The molecule has 12 heteroatoms. The first-order chi connectivity index (χ1) is 14.9. The summed E-state index contributed by atoms with van der Waals surface area (Å²) in [5.41, 5.74) is 0.512. The monoisotopic (exact) mass is 445 g/mol. The molecule has 3 aromatic rings. The Morgan fingerprint density at radius 2 is 1.81 bits per heavy atom. The smallest absolute Gasteiger partial charge is 0.316 e. The van der Waals surface area contributed by atoms with Crippen molar-refractivity contribution in [1.29, 1.82) is 0 Å². The zero-order valence-electron chi connectivity index (χ0n) is 16.1. The van der Waals surface area contributed by atoms with Crippen LogP contribution in [-0.2, 0) is 0 Å². The van der Waals surface area contributed by atoms with E-state index in [1.807, 2.05) is 0 Å². The SMILES string of the molecule is COc1ccc(-c2noc(C(=O)NCCNC(=O)c3ccc([N+](=O)[O-])cc3Cl)n2)cc1. The van der Waals surface area contributed by atoms with Crippen LogP contribution in [-0.4, -0.2) is 47.1 Å². The van der Waals surface area contributed by atoms with Crippen molar-refractivity contribution in [3.63, 3.8) is 0 Å². The summed E-state index contributed by atoms with van der Waals surface area (Å²) in [6.45, 7) is 0.160. The normalized spacial score (nSPS) is 10.4. The number of carbonyl (C=O) groups is 2. The predicted octanol–water partition coefficient (Wildman–Crippen LogP) is 2.47. The van der Waals surface area contributed by atoms with Gasteiger partial charge in [-0.15, -0.1) is 0 Å². The van der Waals surface area contributed by atoms with Crippen molar-refractivity contribution in [2.45, 2.75) is 0 Å². The lowest BCUT2D eigenvalue weighted by Crippen LogP contribution is -2.34. The Morgan fingerprint density at radius 3 is 2.42 bits per heavy atom. The van der Waals surface area contributed by atoms with Gasteiger partial charge in [0.25, 0.3) is 11.6 Å². The molecule has 0 radical (unpaired) electrons. The van der Waals surface area contributed by atoms with Crippen molar-refractivity contribution >= 4 is 29.1 Å². The molecule has 0 atom stereocenters. The molecule has 0 saturated carbocycles. The lowest BCUT2D eigenvalue weighted by Gasteiger charge is -2.07. The predicted molar refractivity (Wildman–Crippen MR) is 109 cm³/mol. The van der Waals surface area contributed by atoms with Gasteiger partial charge in [-0.05, 0) is 30.3 Å². The topological polar surface area (TPSA) is 149 Å². The van der Waals surface area contributed by atoms with E-state index >= 15 is 0 Å². The highest BCUT2D eigenvalue weighted by atomic mass is 35.5. The number of non-ortho nitro benzene ring substituents is 1. The Hall–Kier alpha value is -3.99. The molecule has 2 amide bonds. The highest BCUT2D eigenvalue weighted by Gasteiger charge is 2.17. The highest BCUT2D eigenvalue weighted by Crippen LogP contribution is 2.22. The summed E-state index contributed by atoms with van der Waals surface area (Å²) in [6.07, 6.45) is 0. The van der Waals surface area contributed by atoms with E-state index in [9.17, 15) is 19.7 Å². The molecule has 3 rings (SSSR count). The maximum absolute atomic E-state index is 12.1. The van der Waals surface area contributed by atoms with E-state index in [4.69, 9.17) is 20.9 Å². The van der Waals surface area contributed by atoms with Crippen LogP contribution in [0.15, 0.2) is 47.0 Å². The van der Waals surface area contributed by atoms with Crippen LogP contribution in [0.4, 0.5) is 5.69 Å². The van der Waals surface area contributed by atoms with Crippen LogP contribution in [0.1, 0.15) is 21.0 Å². The summed E-state index contributed by atoms with van der Waals surface area (Å²) in [5, 5.41) is 19.5. The molecule has 1 aromatic heterocycles. The van der Waals surface area contributed by atoms with Gasteiger partial charge in [0.1, 0.15) is 5.75 Å². The van der Waals surface area contributed by atoms with E-state index in [1.54, 1.807) is 31.4 Å². The number of nitrogens with zero attached hydrogens (tertiary/aromatic N) is 3. The first kappa shape index (κ1) is 21.7. The van der Waals surface area contributed by atoms with E-state index in [-0.39, 0.29) is 41.1 Å². The van der Waals surface area contributed by atoms with Crippen LogP contribution < -0.4 is 15.4 Å². The number of nitro benzene ring substituents is 1. The maximum Gasteiger partial charge on any atom is 0.316 e. The van der Waals surface area contributed by atoms with Gasteiger partial charge in [-0.1, -0.05) is 16.8 Å². The summed E-state index contributed by atoms with van der Waals surface area (Å²) in [5.74, 6) is -0.449. The van der Waals surface area contributed by atoms with Gasteiger partial charge in [-0.25, -0.2) is 0 Å². The van der Waals surface area contributed by atoms with Gasteiger partial charge in [0.2, 0.25) is 5.82 Å². The van der Waals surface area contributed by atoms with Crippen molar-refractivity contribution < 1.29 is 23.8 Å². The van der Waals surface area contributed by atoms with E-state index < -0.39 is 16.7 Å². The molecule has 0 aliphatic heterocycles. The van der Waals surface area contributed by atoms with Crippen molar-refractivity contribution in [1.82, 2.24) is 20.8 Å². The second-order valence-corrected chi connectivity index (χ2v) is 6.49. The lowest BCUT2D eigenvalue weighted by molar-refractivity contribution is -0.384. The minimum atomic E-state index is -0.610. The van der Waals surface area contributed by atoms with Crippen molar-refractivity contribution in [2.75, 3.05) is 20.2 Å². The molecule has 1 heterocycles. The van der Waals surface area contributed by atoms with E-state index in [2.05, 4.69) is 20.8 Å². The van der Waals surface area contributed by atoms with Gasteiger partial charge in [0, 0.05) is 30.8 Å². The number of halogens is 1. The fraction of sp³-hybridized carbons (Fsp3) is 0.158. The summed E-state index contributed by atoms with van der Waals surface area (Å²) in [7, 11) is 1.55. The number of rotatable bonds is 8. The molecule has 0 unspecified atom stereocenters. The maximum atomic E-state index is 12.1. The van der Waals surface area contributed by atoms with Crippen LogP contribution in [0.5, 0.6) is 5.75 Å². The molecule has 2 N–H and O–H groups in total. The molecule has 31 heavy (non-hydrogen) atoms. The molecule has 11 nitrogen and oxygen atoms in total. The van der Waals surface area contributed by atoms with Crippen molar-refractivity contribution in [3.8, 4) is 17.1 Å². The number of aromatic nitrogens is 2. The number of amides is 2. The Morgan fingerprint density at radius 1 is 1.13 bits per heavy atom. The third kappa shape index (κ3) is 5.34. The molecule has 0 aliphatic carbocycles. The molecular weight excluding hydrogens is 430 g/mol. The Bertz CT molecular complexity index is 1120. The molecular formula is C19H16ClN5O6. The molecule has 0 saturated heterocycles. The Kier molecular flexibility index (Phi) is 6.78.